The van der Waals surface area contributed by atoms with Gasteiger partial charge in [0.1, 0.15) is 0 Å². The smallest absolute Gasteiger partial charge is 0.0783 e. The molecule has 2 rings (SSSR count). The molecule has 3 atom stereocenters. The lowest BCUT2D eigenvalue weighted by molar-refractivity contribution is -0.0903. The van der Waals surface area contributed by atoms with Crippen LogP contribution in [0.5, 0.6) is 0 Å². The average molecular weight is 197 g/mol. The summed E-state index contributed by atoms with van der Waals surface area (Å²) >= 11 is 0. The molecule has 0 amide bonds. The highest BCUT2D eigenvalue weighted by atomic mass is 16.5. The molecule has 2 heteroatoms. The molecule has 0 radical (unpaired) electrons. The predicted octanol–water partition coefficient (Wildman–Crippen LogP) is 2.28. The molecular formula is C12H23NO. The second-order valence-electron chi connectivity index (χ2n) is 6.14. The number of morpholine rings is 1. The van der Waals surface area contributed by atoms with Crippen LogP contribution in [0.3, 0.4) is 0 Å². The van der Waals surface area contributed by atoms with Crippen molar-refractivity contribution in [2.24, 2.45) is 5.41 Å². The molecule has 2 fully saturated rings. The molecule has 3 unspecified atom stereocenters. The van der Waals surface area contributed by atoms with Crippen LogP contribution in [-0.2, 0) is 4.74 Å². The van der Waals surface area contributed by atoms with Crippen LogP contribution in [0.25, 0.3) is 0 Å². The minimum atomic E-state index is 0.285. The fourth-order valence-electron chi connectivity index (χ4n) is 2.92. The third-order valence-corrected chi connectivity index (χ3v) is 3.55. The van der Waals surface area contributed by atoms with E-state index in [4.69, 9.17) is 4.74 Å². The first-order valence-corrected chi connectivity index (χ1v) is 5.81. The quantitative estimate of drug-likeness (QED) is 0.639. The van der Waals surface area contributed by atoms with E-state index >= 15 is 0 Å². The van der Waals surface area contributed by atoms with Crippen LogP contribution in [0.4, 0.5) is 0 Å². The van der Waals surface area contributed by atoms with Crippen LogP contribution >= 0.6 is 0 Å². The van der Waals surface area contributed by atoms with Gasteiger partial charge in [-0.3, -0.25) is 4.90 Å². The fourth-order valence-corrected chi connectivity index (χ4v) is 2.92. The highest BCUT2D eigenvalue weighted by Gasteiger charge is 2.50. The Hall–Kier alpha value is -0.0800. The van der Waals surface area contributed by atoms with Crippen molar-refractivity contribution in [1.82, 2.24) is 4.90 Å². The molecule has 0 N–H and O–H groups in total. The number of fused-ring (bicyclic) bond motifs is 2. The molecule has 0 aromatic heterocycles. The maximum Gasteiger partial charge on any atom is 0.0783 e. The van der Waals surface area contributed by atoms with Crippen LogP contribution < -0.4 is 0 Å². The zero-order valence-electron chi connectivity index (χ0n) is 10.1. The molecule has 0 saturated carbocycles. The molecule has 0 aromatic carbocycles. The van der Waals surface area contributed by atoms with Gasteiger partial charge in [0.2, 0.25) is 0 Å². The van der Waals surface area contributed by atoms with Crippen LogP contribution in [0.2, 0.25) is 0 Å². The Morgan fingerprint density at radius 1 is 1.29 bits per heavy atom. The Morgan fingerprint density at radius 2 is 1.93 bits per heavy atom. The SMILES string of the molecule is CC(C)N1CC2CC1C(C(C)(C)C)O2. The molecule has 0 aliphatic carbocycles. The lowest BCUT2D eigenvalue weighted by Gasteiger charge is -2.41. The molecule has 2 bridgehead atoms. The standard InChI is InChI=1S/C12H23NO/c1-8(2)13-7-9-6-10(13)11(14-9)12(3,4)5/h8-11H,6-7H2,1-5H3. The molecule has 82 valence electrons. The van der Waals surface area contributed by atoms with Gasteiger partial charge in [-0.2, -0.15) is 0 Å². The Morgan fingerprint density at radius 3 is 2.36 bits per heavy atom. The van der Waals surface area contributed by atoms with E-state index in [-0.39, 0.29) is 5.41 Å². The fraction of sp³-hybridized carbons (Fsp3) is 1.00. The van der Waals surface area contributed by atoms with Crippen molar-refractivity contribution in [3.05, 3.63) is 0 Å². The van der Waals surface area contributed by atoms with Gasteiger partial charge in [0.15, 0.2) is 0 Å². The lowest BCUT2D eigenvalue weighted by Crippen LogP contribution is -2.51. The summed E-state index contributed by atoms with van der Waals surface area (Å²) in [7, 11) is 0. The minimum Gasteiger partial charge on any atom is -0.371 e. The van der Waals surface area contributed by atoms with E-state index in [0.717, 1.165) is 6.54 Å². The van der Waals surface area contributed by atoms with Gasteiger partial charge in [-0.1, -0.05) is 20.8 Å². The number of rotatable bonds is 1. The number of hydrogen-bond acceptors (Lipinski definition) is 2. The molecule has 2 aliphatic heterocycles. The summed E-state index contributed by atoms with van der Waals surface area (Å²) in [5.74, 6) is 0. The number of hydrogen-bond donors (Lipinski definition) is 0. The Kier molecular flexibility index (Phi) is 2.39. The molecule has 2 saturated heterocycles. The van der Waals surface area contributed by atoms with Gasteiger partial charge in [-0.15, -0.1) is 0 Å². The maximum absolute atomic E-state index is 6.06. The summed E-state index contributed by atoms with van der Waals surface area (Å²) in [5.41, 5.74) is 0.285. The predicted molar refractivity (Wildman–Crippen MR) is 58.4 cm³/mol. The Labute approximate surface area is 87.6 Å². The molecule has 2 heterocycles. The van der Waals surface area contributed by atoms with Crippen molar-refractivity contribution < 1.29 is 4.74 Å². The average Bonchev–Trinajstić information content (AvgIpc) is 2.58. The van der Waals surface area contributed by atoms with Crippen molar-refractivity contribution in [1.29, 1.82) is 0 Å². The second-order valence-corrected chi connectivity index (χ2v) is 6.14. The third kappa shape index (κ3) is 1.59. The van der Waals surface area contributed by atoms with Crippen molar-refractivity contribution in [3.63, 3.8) is 0 Å². The second kappa shape index (κ2) is 3.21. The molecule has 0 spiro atoms. The molecular weight excluding hydrogens is 174 g/mol. The van der Waals surface area contributed by atoms with Crippen molar-refractivity contribution >= 4 is 0 Å². The van der Waals surface area contributed by atoms with Crippen molar-refractivity contribution in [3.8, 4) is 0 Å². The number of likely N-dealkylation sites (tertiary alicyclic amines) is 1. The zero-order chi connectivity index (χ0) is 10.5. The summed E-state index contributed by atoms with van der Waals surface area (Å²) in [4.78, 5) is 2.62. The summed E-state index contributed by atoms with van der Waals surface area (Å²) < 4.78 is 6.06. The lowest BCUT2D eigenvalue weighted by atomic mass is 9.84. The van der Waals surface area contributed by atoms with E-state index in [9.17, 15) is 0 Å². The van der Waals surface area contributed by atoms with Gasteiger partial charge < -0.3 is 4.74 Å². The molecule has 2 nitrogen and oxygen atoms in total. The van der Waals surface area contributed by atoms with Gasteiger partial charge in [0.25, 0.3) is 0 Å². The largest absolute Gasteiger partial charge is 0.371 e. The summed E-state index contributed by atoms with van der Waals surface area (Å²) in [5, 5.41) is 0. The molecule has 0 aromatic rings. The van der Waals surface area contributed by atoms with Crippen LogP contribution in [0.1, 0.15) is 41.0 Å². The first kappa shape index (κ1) is 10.4. The van der Waals surface area contributed by atoms with Gasteiger partial charge >= 0.3 is 0 Å². The summed E-state index contributed by atoms with van der Waals surface area (Å²) in [6, 6.07) is 1.33. The summed E-state index contributed by atoms with van der Waals surface area (Å²) in [6.45, 7) is 12.6. The van der Waals surface area contributed by atoms with E-state index < -0.39 is 0 Å². The normalized spacial score (nSPS) is 38.6. The van der Waals surface area contributed by atoms with E-state index in [2.05, 4.69) is 39.5 Å². The molecule has 2 aliphatic rings. The van der Waals surface area contributed by atoms with Gasteiger partial charge in [0, 0.05) is 18.6 Å². The topological polar surface area (TPSA) is 12.5 Å². The first-order valence-electron chi connectivity index (χ1n) is 5.81. The Balaban J connectivity index is 2.12. The van der Waals surface area contributed by atoms with Gasteiger partial charge in [0.05, 0.1) is 12.2 Å². The van der Waals surface area contributed by atoms with Crippen LogP contribution in [-0.4, -0.2) is 35.7 Å². The van der Waals surface area contributed by atoms with E-state index in [1.807, 2.05) is 0 Å². The van der Waals surface area contributed by atoms with Gasteiger partial charge in [-0.05, 0) is 25.7 Å². The number of nitrogens with zero attached hydrogens (tertiary/aromatic N) is 1. The minimum absolute atomic E-state index is 0.285. The monoisotopic (exact) mass is 197 g/mol. The van der Waals surface area contributed by atoms with E-state index in [0.29, 0.717) is 24.3 Å². The number of ether oxygens (including phenoxy) is 1. The molecule has 14 heavy (non-hydrogen) atoms. The maximum atomic E-state index is 6.06. The third-order valence-electron chi connectivity index (χ3n) is 3.55. The Bertz CT molecular complexity index is 219. The van der Waals surface area contributed by atoms with Crippen LogP contribution in [0.15, 0.2) is 0 Å². The highest BCUT2D eigenvalue weighted by Crippen LogP contribution is 2.41. The zero-order valence-corrected chi connectivity index (χ0v) is 10.1. The summed E-state index contributed by atoms with van der Waals surface area (Å²) in [6.07, 6.45) is 2.19. The first-order chi connectivity index (χ1) is 6.39. The highest BCUT2D eigenvalue weighted by molar-refractivity contribution is 5.02. The van der Waals surface area contributed by atoms with Crippen molar-refractivity contribution in [2.45, 2.75) is 65.3 Å². The van der Waals surface area contributed by atoms with Crippen molar-refractivity contribution in [2.75, 3.05) is 6.54 Å². The van der Waals surface area contributed by atoms with Gasteiger partial charge in [-0.25, -0.2) is 0 Å². The van der Waals surface area contributed by atoms with E-state index in [1.54, 1.807) is 0 Å². The van der Waals surface area contributed by atoms with E-state index in [1.165, 1.54) is 6.42 Å². The van der Waals surface area contributed by atoms with Crippen LogP contribution in [0, 0.1) is 5.41 Å².